The van der Waals surface area contributed by atoms with Gasteiger partial charge >= 0.3 is 6.16 Å². The molecule has 0 heterocycles. The zero-order valence-electron chi connectivity index (χ0n) is 13.8. The van der Waals surface area contributed by atoms with Gasteiger partial charge in [-0.05, 0) is 24.8 Å². The molecule has 122 valence electrons. The molecule has 1 aromatic rings. The quantitative estimate of drug-likeness (QED) is 0.326. The second-order valence-electron chi connectivity index (χ2n) is 5.52. The number of benzene rings is 1. The maximum Gasteiger partial charge on any atom is 0.507 e. The number of hydrogen-bond acceptors (Lipinski definition) is 3. The highest BCUT2D eigenvalue weighted by Crippen LogP contribution is 2.30. The number of carbonyl (C=O) groups excluding carboxylic acids is 1. The van der Waals surface area contributed by atoms with Crippen LogP contribution in [0.4, 0.5) is 4.79 Å². The fraction of sp³-hybridized carbons (Fsp3) is 0.526. The monoisotopic (exact) mass is 304 g/mol. The van der Waals surface area contributed by atoms with Crippen LogP contribution in [0.2, 0.25) is 0 Å². The van der Waals surface area contributed by atoms with Crippen LogP contribution in [0.1, 0.15) is 56.9 Å². The van der Waals surface area contributed by atoms with Gasteiger partial charge in [-0.25, -0.2) is 4.79 Å². The van der Waals surface area contributed by atoms with E-state index in [2.05, 4.69) is 30.4 Å². The molecule has 0 saturated carbocycles. The van der Waals surface area contributed by atoms with Gasteiger partial charge in [0.25, 0.3) is 0 Å². The molecule has 22 heavy (non-hydrogen) atoms. The van der Waals surface area contributed by atoms with Crippen LogP contribution in [0, 0.1) is 0 Å². The molecule has 0 N–H and O–H groups in total. The van der Waals surface area contributed by atoms with Crippen LogP contribution in [-0.4, -0.2) is 19.9 Å². The van der Waals surface area contributed by atoms with Crippen molar-refractivity contribution in [1.29, 1.82) is 0 Å². The Bertz CT molecular complexity index is 439. The van der Waals surface area contributed by atoms with E-state index >= 15 is 0 Å². The van der Waals surface area contributed by atoms with Crippen molar-refractivity contribution in [3.05, 3.63) is 48.0 Å². The fourth-order valence-corrected chi connectivity index (χ4v) is 2.56. The Balaban J connectivity index is 2.58. The first kappa shape index (κ1) is 18.3. The highest BCUT2D eigenvalue weighted by atomic mass is 16.7. The normalized spacial score (nSPS) is 11.7. The molecule has 0 spiro atoms. The van der Waals surface area contributed by atoms with E-state index in [4.69, 9.17) is 4.74 Å². The molecule has 1 atom stereocenters. The molecule has 1 rings (SSSR count). The Morgan fingerprint density at radius 1 is 1.18 bits per heavy atom. The minimum Gasteiger partial charge on any atom is -0.438 e. The molecule has 0 fully saturated rings. The van der Waals surface area contributed by atoms with E-state index in [1.807, 2.05) is 18.2 Å². The van der Waals surface area contributed by atoms with Gasteiger partial charge in [-0.15, -0.1) is 0 Å². The van der Waals surface area contributed by atoms with Gasteiger partial charge in [0.2, 0.25) is 0 Å². The van der Waals surface area contributed by atoms with E-state index in [0.717, 1.165) is 12.8 Å². The molecule has 0 aliphatic carbocycles. The first-order valence-electron chi connectivity index (χ1n) is 8.12. The Morgan fingerprint density at radius 3 is 2.55 bits per heavy atom. The number of hydrogen-bond donors (Lipinski definition) is 0. The number of unbranched alkanes of at least 4 members (excludes halogenated alkanes) is 3. The summed E-state index contributed by atoms with van der Waals surface area (Å²) in [5.41, 5.74) is 2.45. The summed E-state index contributed by atoms with van der Waals surface area (Å²) < 4.78 is 9.54. The molecule has 0 amide bonds. The SMILES string of the molecule is C=C(CCCCCC)C(CCOC(=O)OC)c1ccccc1. The van der Waals surface area contributed by atoms with Crippen LogP contribution in [-0.2, 0) is 9.47 Å². The van der Waals surface area contributed by atoms with Crippen LogP contribution in [0.15, 0.2) is 42.5 Å². The van der Waals surface area contributed by atoms with Crippen LogP contribution in [0.3, 0.4) is 0 Å². The third-order valence-electron chi connectivity index (χ3n) is 3.84. The van der Waals surface area contributed by atoms with Gasteiger partial charge in [0.1, 0.15) is 0 Å². The third-order valence-corrected chi connectivity index (χ3v) is 3.84. The molecule has 0 aromatic heterocycles. The van der Waals surface area contributed by atoms with Crippen molar-refractivity contribution in [2.24, 2.45) is 0 Å². The Labute approximate surface area is 134 Å². The zero-order chi connectivity index (χ0) is 16.2. The lowest BCUT2D eigenvalue weighted by Crippen LogP contribution is -2.10. The van der Waals surface area contributed by atoms with Gasteiger partial charge in [-0.2, -0.15) is 0 Å². The fourth-order valence-electron chi connectivity index (χ4n) is 2.56. The average molecular weight is 304 g/mol. The number of rotatable bonds is 10. The summed E-state index contributed by atoms with van der Waals surface area (Å²) in [6.45, 7) is 6.84. The molecule has 3 nitrogen and oxygen atoms in total. The molecule has 0 radical (unpaired) electrons. The zero-order valence-corrected chi connectivity index (χ0v) is 13.8. The highest BCUT2D eigenvalue weighted by molar-refractivity contribution is 5.59. The van der Waals surface area contributed by atoms with Gasteiger partial charge in [0, 0.05) is 5.92 Å². The summed E-state index contributed by atoms with van der Waals surface area (Å²) in [5, 5.41) is 0. The van der Waals surface area contributed by atoms with Crippen LogP contribution in [0.5, 0.6) is 0 Å². The van der Waals surface area contributed by atoms with Crippen molar-refractivity contribution in [2.45, 2.75) is 51.4 Å². The van der Waals surface area contributed by atoms with Gasteiger partial charge < -0.3 is 9.47 Å². The summed E-state index contributed by atoms with van der Waals surface area (Å²) >= 11 is 0. The molecule has 0 aliphatic heterocycles. The minimum absolute atomic E-state index is 0.229. The molecular weight excluding hydrogens is 276 g/mol. The Kier molecular flexibility index (Phi) is 9.04. The molecule has 0 aliphatic rings. The standard InChI is InChI=1S/C19H28O3/c1-4-5-6-8-11-16(2)18(14-15-22-19(20)21-3)17-12-9-7-10-13-17/h7,9-10,12-13,18H,2,4-6,8,11,14-15H2,1,3H3. The number of carbonyl (C=O) groups is 1. The molecule has 3 heteroatoms. The summed E-state index contributed by atoms with van der Waals surface area (Å²) in [6, 6.07) is 10.3. The smallest absolute Gasteiger partial charge is 0.438 e. The van der Waals surface area contributed by atoms with Crippen molar-refractivity contribution in [1.82, 2.24) is 0 Å². The highest BCUT2D eigenvalue weighted by Gasteiger charge is 2.16. The molecule has 1 unspecified atom stereocenters. The van der Waals surface area contributed by atoms with Crippen molar-refractivity contribution in [3.63, 3.8) is 0 Å². The summed E-state index contributed by atoms with van der Waals surface area (Å²) in [6.07, 6.45) is 6.07. The lowest BCUT2D eigenvalue weighted by molar-refractivity contribution is 0.0709. The molecule has 0 saturated heterocycles. The number of methoxy groups -OCH3 is 1. The summed E-state index contributed by atoms with van der Waals surface area (Å²) in [5.74, 6) is 0.229. The Hall–Kier alpha value is -1.77. The first-order valence-corrected chi connectivity index (χ1v) is 8.12. The average Bonchev–Trinajstić information content (AvgIpc) is 2.56. The van der Waals surface area contributed by atoms with E-state index in [0.29, 0.717) is 6.61 Å². The van der Waals surface area contributed by atoms with Gasteiger partial charge in [0.15, 0.2) is 0 Å². The molecule has 1 aromatic carbocycles. The maximum absolute atomic E-state index is 11.1. The second kappa shape index (κ2) is 10.9. The maximum atomic E-state index is 11.1. The van der Waals surface area contributed by atoms with E-state index in [9.17, 15) is 4.79 Å². The summed E-state index contributed by atoms with van der Waals surface area (Å²) in [7, 11) is 1.32. The van der Waals surface area contributed by atoms with Crippen molar-refractivity contribution in [2.75, 3.05) is 13.7 Å². The van der Waals surface area contributed by atoms with Gasteiger partial charge in [-0.3, -0.25) is 0 Å². The van der Waals surface area contributed by atoms with Crippen LogP contribution in [0.25, 0.3) is 0 Å². The lowest BCUT2D eigenvalue weighted by atomic mass is 9.86. The first-order chi connectivity index (χ1) is 10.7. The topological polar surface area (TPSA) is 35.5 Å². The van der Waals surface area contributed by atoms with Crippen molar-refractivity contribution < 1.29 is 14.3 Å². The minimum atomic E-state index is -0.625. The van der Waals surface area contributed by atoms with Gasteiger partial charge in [0.05, 0.1) is 13.7 Å². The van der Waals surface area contributed by atoms with E-state index in [-0.39, 0.29) is 5.92 Å². The van der Waals surface area contributed by atoms with E-state index in [1.165, 1.54) is 43.9 Å². The van der Waals surface area contributed by atoms with Crippen molar-refractivity contribution >= 4 is 6.16 Å². The number of allylic oxidation sites excluding steroid dienone is 1. The van der Waals surface area contributed by atoms with Crippen molar-refractivity contribution in [3.8, 4) is 0 Å². The largest absolute Gasteiger partial charge is 0.507 e. The van der Waals surface area contributed by atoms with E-state index < -0.39 is 6.16 Å². The van der Waals surface area contributed by atoms with Crippen LogP contribution >= 0.6 is 0 Å². The predicted molar refractivity (Wildman–Crippen MR) is 90.1 cm³/mol. The van der Waals surface area contributed by atoms with Gasteiger partial charge in [-0.1, -0.05) is 68.7 Å². The Morgan fingerprint density at radius 2 is 1.91 bits per heavy atom. The van der Waals surface area contributed by atoms with Crippen LogP contribution < -0.4 is 0 Å². The van der Waals surface area contributed by atoms with E-state index in [1.54, 1.807) is 0 Å². The third kappa shape index (κ3) is 6.79. The summed E-state index contributed by atoms with van der Waals surface area (Å²) in [4.78, 5) is 11.1. The predicted octanol–water partition coefficient (Wildman–Crippen LogP) is 5.47. The second-order valence-corrected chi connectivity index (χ2v) is 5.52. The lowest BCUT2D eigenvalue weighted by Gasteiger charge is -2.20. The number of ether oxygens (including phenoxy) is 2. The molecule has 0 bridgehead atoms. The molecular formula is C19H28O3.